The molecule has 0 radical (unpaired) electrons. The molecule has 0 aromatic heterocycles. The van der Waals surface area contributed by atoms with Crippen LogP contribution in [0, 0.1) is 0 Å². The second kappa shape index (κ2) is 8.76. The molecule has 2 aromatic carbocycles. The van der Waals surface area contributed by atoms with Gasteiger partial charge in [0, 0.05) is 17.6 Å². The highest BCUT2D eigenvalue weighted by atomic mass is 35.5. The molecule has 0 aliphatic rings. The van der Waals surface area contributed by atoms with Gasteiger partial charge in [-0.2, -0.15) is 0 Å². The zero-order valence-corrected chi connectivity index (χ0v) is 13.1. The van der Waals surface area contributed by atoms with Crippen LogP contribution in [-0.4, -0.2) is 18.5 Å². The van der Waals surface area contributed by atoms with Crippen molar-refractivity contribution in [3.05, 3.63) is 76.8 Å². The number of carbonyl (C=O) groups is 2. The fourth-order valence-corrected chi connectivity index (χ4v) is 2.00. The van der Waals surface area contributed by atoms with Crippen LogP contribution in [0.1, 0.15) is 11.1 Å². The molecule has 0 spiro atoms. The molecule has 0 aliphatic carbocycles. The van der Waals surface area contributed by atoms with Gasteiger partial charge < -0.3 is 10.1 Å². The van der Waals surface area contributed by atoms with Gasteiger partial charge in [0.05, 0.1) is 0 Å². The summed E-state index contributed by atoms with van der Waals surface area (Å²) < 4.78 is 4.87. The first kappa shape index (κ1) is 16.8. The predicted molar refractivity (Wildman–Crippen MR) is 89.7 cm³/mol. The van der Waals surface area contributed by atoms with Crippen LogP contribution in [0.2, 0.25) is 5.02 Å². The van der Waals surface area contributed by atoms with E-state index in [1.165, 1.54) is 6.08 Å². The molecule has 0 fully saturated rings. The van der Waals surface area contributed by atoms with Crippen molar-refractivity contribution in [1.29, 1.82) is 0 Å². The molecule has 4 nitrogen and oxygen atoms in total. The van der Waals surface area contributed by atoms with Gasteiger partial charge in [-0.25, -0.2) is 4.79 Å². The molecule has 0 unspecified atom stereocenters. The van der Waals surface area contributed by atoms with E-state index in [0.29, 0.717) is 17.1 Å². The fourth-order valence-electron chi connectivity index (χ4n) is 1.80. The predicted octanol–water partition coefficient (Wildman–Crippen LogP) is 3.21. The number of benzene rings is 2. The lowest BCUT2D eigenvalue weighted by atomic mass is 10.2. The molecule has 0 saturated carbocycles. The van der Waals surface area contributed by atoms with Gasteiger partial charge in [0.1, 0.15) is 0 Å². The van der Waals surface area contributed by atoms with Crippen molar-refractivity contribution in [2.45, 2.75) is 6.54 Å². The Kier molecular flexibility index (Phi) is 6.39. The van der Waals surface area contributed by atoms with Gasteiger partial charge in [-0.1, -0.05) is 60.1 Å². The molecule has 2 rings (SSSR count). The van der Waals surface area contributed by atoms with Crippen molar-refractivity contribution in [3.63, 3.8) is 0 Å². The molecule has 0 aliphatic heterocycles. The number of esters is 1. The molecule has 1 amide bonds. The minimum atomic E-state index is -0.597. The fraction of sp³-hybridized carbons (Fsp3) is 0.111. The number of nitrogens with one attached hydrogen (secondary N) is 1. The van der Waals surface area contributed by atoms with Crippen LogP contribution in [0.25, 0.3) is 6.08 Å². The minimum absolute atomic E-state index is 0.321. The Bertz CT molecular complexity index is 698. The highest BCUT2D eigenvalue weighted by Crippen LogP contribution is 2.16. The Morgan fingerprint density at radius 2 is 1.74 bits per heavy atom. The summed E-state index contributed by atoms with van der Waals surface area (Å²) in [5.41, 5.74) is 1.69. The van der Waals surface area contributed by atoms with Gasteiger partial charge in [-0.3, -0.25) is 4.79 Å². The summed E-state index contributed by atoms with van der Waals surface area (Å²) in [6.45, 7) is 0.0746. The van der Waals surface area contributed by atoms with E-state index in [9.17, 15) is 9.59 Å². The van der Waals surface area contributed by atoms with E-state index >= 15 is 0 Å². The molecule has 0 heterocycles. The van der Waals surface area contributed by atoms with Crippen molar-refractivity contribution >= 4 is 29.6 Å². The van der Waals surface area contributed by atoms with Crippen molar-refractivity contribution < 1.29 is 14.3 Å². The lowest BCUT2D eigenvalue weighted by Crippen LogP contribution is -2.28. The van der Waals surface area contributed by atoms with Gasteiger partial charge in [0.15, 0.2) is 6.61 Å². The van der Waals surface area contributed by atoms with E-state index in [0.717, 1.165) is 5.56 Å². The summed E-state index contributed by atoms with van der Waals surface area (Å²) in [5.74, 6) is -0.951. The van der Waals surface area contributed by atoms with E-state index in [1.54, 1.807) is 24.3 Å². The van der Waals surface area contributed by atoms with Gasteiger partial charge in [-0.05, 0) is 23.3 Å². The number of ether oxygens (including phenoxy) is 1. The van der Waals surface area contributed by atoms with Gasteiger partial charge in [0.2, 0.25) is 0 Å². The van der Waals surface area contributed by atoms with E-state index in [-0.39, 0.29) is 12.5 Å². The van der Waals surface area contributed by atoms with E-state index in [1.807, 2.05) is 36.4 Å². The normalized spacial score (nSPS) is 10.5. The molecule has 0 bridgehead atoms. The van der Waals surface area contributed by atoms with Crippen LogP contribution in [0.5, 0.6) is 0 Å². The topological polar surface area (TPSA) is 55.4 Å². The van der Waals surface area contributed by atoms with E-state index in [4.69, 9.17) is 16.3 Å². The Morgan fingerprint density at radius 1 is 1.04 bits per heavy atom. The zero-order chi connectivity index (χ0) is 16.5. The Hall–Kier alpha value is -2.59. The van der Waals surface area contributed by atoms with Crippen LogP contribution >= 0.6 is 11.6 Å². The summed E-state index contributed by atoms with van der Waals surface area (Å²) in [6.07, 6.45) is 2.79. The van der Waals surface area contributed by atoms with Crippen molar-refractivity contribution in [1.82, 2.24) is 5.32 Å². The molecule has 2 aromatic rings. The Labute approximate surface area is 139 Å². The van der Waals surface area contributed by atoms with Crippen molar-refractivity contribution in [3.8, 4) is 0 Å². The molecule has 5 heteroatoms. The summed E-state index contributed by atoms with van der Waals surface area (Å²) in [5, 5.41) is 3.21. The third kappa shape index (κ3) is 5.96. The first-order valence-corrected chi connectivity index (χ1v) is 7.43. The maximum absolute atomic E-state index is 11.6. The molecular weight excluding hydrogens is 314 g/mol. The Balaban J connectivity index is 1.73. The highest BCUT2D eigenvalue weighted by Gasteiger charge is 2.05. The number of halogens is 1. The van der Waals surface area contributed by atoms with Crippen LogP contribution in [-0.2, 0) is 20.9 Å². The number of hydrogen-bond donors (Lipinski definition) is 1. The van der Waals surface area contributed by atoms with Crippen LogP contribution in [0.3, 0.4) is 0 Å². The van der Waals surface area contributed by atoms with Gasteiger partial charge >= 0.3 is 5.97 Å². The second-order valence-electron chi connectivity index (χ2n) is 4.72. The summed E-state index contributed by atoms with van der Waals surface area (Å²) in [7, 11) is 0. The molecule has 1 N–H and O–H groups in total. The quantitative estimate of drug-likeness (QED) is 0.654. The van der Waals surface area contributed by atoms with Gasteiger partial charge in [-0.15, -0.1) is 0 Å². The Morgan fingerprint density at radius 3 is 2.48 bits per heavy atom. The van der Waals surface area contributed by atoms with Crippen LogP contribution in [0.15, 0.2) is 60.7 Å². The van der Waals surface area contributed by atoms with Crippen LogP contribution < -0.4 is 5.32 Å². The lowest BCUT2D eigenvalue weighted by Gasteiger charge is -2.05. The highest BCUT2D eigenvalue weighted by molar-refractivity contribution is 6.32. The van der Waals surface area contributed by atoms with Crippen LogP contribution in [0.4, 0.5) is 0 Å². The lowest BCUT2D eigenvalue weighted by molar-refractivity contribution is -0.143. The summed E-state index contributed by atoms with van der Waals surface area (Å²) in [4.78, 5) is 23.2. The third-order valence-corrected chi connectivity index (χ3v) is 3.33. The maximum Gasteiger partial charge on any atom is 0.331 e. The summed E-state index contributed by atoms with van der Waals surface area (Å²) >= 11 is 5.97. The number of amides is 1. The molecule has 0 atom stereocenters. The average Bonchev–Trinajstić information content (AvgIpc) is 2.58. The molecule has 118 valence electrons. The maximum atomic E-state index is 11.6. The number of rotatable bonds is 6. The first-order chi connectivity index (χ1) is 11.1. The third-order valence-electron chi connectivity index (χ3n) is 2.98. The smallest absolute Gasteiger partial charge is 0.331 e. The van der Waals surface area contributed by atoms with Gasteiger partial charge in [0.25, 0.3) is 5.91 Å². The monoisotopic (exact) mass is 329 g/mol. The van der Waals surface area contributed by atoms with Crippen molar-refractivity contribution in [2.75, 3.05) is 6.61 Å². The number of hydrogen-bond acceptors (Lipinski definition) is 3. The molecule has 0 saturated heterocycles. The van der Waals surface area contributed by atoms with Crippen molar-refractivity contribution in [2.24, 2.45) is 0 Å². The standard InChI is InChI=1S/C18H16ClNO3/c19-16-9-5-4-8-15(16)10-11-18(22)23-13-17(21)20-12-14-6-2-1-3-7-14/h1-11H,12-13H2,(H,20,21)/b11-10+. The average molecular weight is 330 g/mol. The van der Waals surface area contributed by atoms with E-state index in [2.05, 4.69) is 5.32 Å². The second-order valence-corrected chi connectivity index (χ2v) is 5.13. The van der Waals surface area contributed by atoms with E-state index < -0.39 is 5.97 Å². The summed E-state index contributed by atoms with van der Waals surface area (Å²) in [6, 6.07) is 16.6. The first-order valence-electron chi connectivity index (χ1n) is 7.05. The zero-order valence-electron chi connectivity index (χ0n) is 12.4. The molecule has 23 heavy (non-hydrogen) atoms. The molecular formula is C18H16ClNO3. The SMILES string of the molecule is O=C(COC(=O)/C=C/c1ccccc1Cl)NCc1ccccc1. The largest absolute Gasteiger partial charge is 0.452 e. The number of carbonyl (C=O) groups excluding carboxylic acids is 2. The minimum Gasteiger partial charge on any atom is -0.452 e.